The third kappa shape index (κ3) is 4.88. The second-order valence-corrected chi connectivity index (χ2v) is 6.55. The van der Waals surface area contributed by atoms with Gasteiger partial charge in [-0.1, -0.05) is 17.7 Å². The molecule has 0 radical (unpaired) electrons. The lowest BCUT2D eigenvalue weighted by atomic mass is 10.2. The Labute approximate surface area is 148 Å². The van der Waals surface area contributed by atoms with Crippen molar-refractivity contribution in [2.75, 3.05) is 5.32 Å². The SMILES string of the molecule is CC(C)Oc1ccc(CNc2ccc(C(=O)O)c(Cl)c2)cc1Br. The second-order valence-electron chi connectivity index (χ2n) is 5.28. The molecule has 0 spiro atoms. The van der Waals surface area contributed by atoms with Gasteiger partial charge in [0.1, 0.15) is 5.75 Å². The van der Waals surface area contributed by atoms with Crippen LogP contribution >= 0.6 is 27.5 Å². The zero-order chi connectivity index (χ0) is 17.0. The normalized spacial score (nSPS) is 10.7. The first-order chi connectivity index (χ1) is 10.9. The lowest BCUT2D eigenvalue weighted by Crippen LogP contribution is -2.06. The minimum Gasteiger partial charge on any atom is -0.490 e. The Morgan fingerprint density at radius 3 is 2.61 bits per heavy atom. The molecule has 0 unspecified atom stereocenters. The number of halogens is 2. The number of aromatic carboxylic acids is 1. The molecule has 2 aromatic carbocycles. The fourth-order valence-electron chi connectivity index (χ4n) is 2.01. The monoisotopic (exact) mass is 397 g/mol. The Morgan fingerprint density at radius 2 is 2.04 bits per heavy atom. The number of ether oxygens (including phenoxy) is 1. The van der Waals surface area contributed by atoms with Crippen molar-refractivity contribution in [3.63, 3.8) is 0 Å². The summed E-state index contributed by atoms with van der Waals surface area (Å²) >= 11 is 9.46. The lowest BCUT2D eigenvalue weighted by Gasteiger charge is -2.13. The largest absolute Gasteiger partial charge is 0.490 e. The molecule has 0 heterocycles. The van der Waals surface area contributed by atoms with Gasteiger partial charge < -0.3 is 15.2 Å². The summed E-state index contributed by atoms with van der Waals surface area (Å²) < 4.78 is 6.57. The molecule has 0 aliphatic carbocycles. The van der Waals surface area contributed by atoms with Crippen LogP contribution in [0.3, 0.4) is 0 Å². The van der Waals surface area contributed by atoms with E-state index in [1.807, 2.05) is 32.0 Å². The second kappa shape index (κ2) is 7.70. The van der Waals surface area contributed by atoms with Crippen molar-refractivity contribution >= 4 is 39.2 Å². The van der Waals surface area contributed by atoms with E-state index in [4.69, 9.17) is 21.4 Å². The number of carboxylic acids is 1. The number of carboxylic acid groups (broad SMARTS) is 1. The van der Waals surface area contributed by atoms with E-state index in [0.29, 0.717) is 6.54 Å². The molecular formula is C17H17BrClNO3. The van der Waals surface area contributed by atoms with Gasteiger partial charge in [-0.15, -0.1) is 0 Å². The van der Waals surface area contributed by atoms with E-state index < -0.39 is 5.97 Å². The van der Waals surface area contributed by atoms with Crippen molar-refractivity contribution < 1.29 is 14.6 Å². The van der Waals surface area contributed by atoms with Crippen LogP contribution in [0.1, 0.15) is 29.8 Å². The molecule has 4 nitrogen and oxygen atoms in total. The van der Waals surface area contributed by atoms with Gasteiger partial charge in [0.2, 0.25) is 0 Å². The molecule has 2 rings (SSSR count). The van der Waals surface area contributed by atoms with Crippen molar-refractivity contribution in [1.82, 2.24) is 0 Å². The summed E-state index contributed by atoms with van der Waals surface area (Å²) in [5.74, 6) is -0.233. The summed E-state index contributed by atoms with van der Waals surface area (Å²) in [6.45, 7) is 4.54. The highest BCUT2D eigenvalue weighted by atomic mass is 79.9. The molecule has 2 N–H and O–H groups in total. The number of hydrogen-bond acceptors (Lipinski definition) is 3. The van der Waals surface area contributed by atoms with Crippen LogP contribution in [0, 0.1) is 0 Å². The molecule has 6 heteroatoms. The van der Waals surface area contributed by atoms with Gasteiger partial charge in [0.25, 0.3) is 0 Å². The molecule has 122 valence electrons. The van der Waals surface area contributed by atoms with E-state index in [1.165, 1.54) is 6.07 Å². The first-order valence-electron chi connectivity index (χ1n) is 7.08. The summed E-state index contributed by atoms with van der Waals surface area (Å²) in [4.78, 5) is 10.9. The fourth-order valence-corrected chi connectivity index (χ4v) is 2.79. The molecule has 0 saturated carbocycles. The summed E-state index contributed by atoms with van der Waals surface area (Å²) in [6.07, 6.45) is 0.116. The van der Waals surface area contributed by atoms with Gasteiger partial charge >= 0.3 is 5.97 Å². The average molecular weight is 399 g/mol. The number of anilines is 1. The molecule has 0 fully saturated rings. The number of benzene rings is 2. The van der Waals surface area contributed by atoms with E-state index in [1.54, 1.807) is 12.1 Å². The van der Waals surface area contributed by atoms with Crippen LogP contribution in [0.4, 0.5) is 5.69 Å². The number of nitrogens with one attached hydrogen (secondary N) is 1. The van der Waals surface area contributed by atoms with Gasteiger partial charge in [0.15, 0.2) is 0 Å². The van der Waals surface area contributed by atoms with Crippen molar-refractivity contribution in [2.45, 2.75) is 26.5 Å². The molecular weight excluding hydrogens is 382 g/mol. The fraction of sp³-hybridized carbons (Fsp3) is 0.235. The summed E-state index contributed by atoms with van der Waals surface area (Å²) in [7, 11) is 0. The molecule has 0 bridgehead atoms. The molecule has 0 aliphatic rings. The van der Waals surface area contributed by atoms with Crippen LogP contribution in [0.2, 0.25) is 5.02 Å². The summed E-state index contributed by atoms with van der Waals surface area (Å²) in [6, 6.07) is 10.7. The van der Waals surface area contributed by atoms with Gasteiger partial charge in [0.05, 0.1) is 21.2 Å². The number of rotatable bonds is 6. The van der Waals surface area contributed by atoms with Crippen LogP contribution < -0.4 is 10.1 Å². The zero-order valence-corrected chi connectivity index (χ0v) is 15.1. The quantitative estimate of drug-likeness (QED) is 0.702. The van der Waals surface area contributed by atoms with Gasteiger partial charge in [0, 0.05) is 12.2 Å². The minimum atomic E-state index is -1.04. The minimum absolute atomic E-state index is 0.0927. The van der Waals surface area contributed by atoms with Crippen LogP contribution in [-0.2, 0) is 6.54 Å². The lowest BCUT2D eigenvalue weighted by molar-refractivity contribution is 0.0697. The van der Waals surface area contributed by atoms with Crippen molar-refractivity contribution in [3.8, 4) is 5.75 Å². The van der Waals surface area contributed by atoms with Gasteiger partial charge in [-0.05, 0) is 65.7 Å². The molecule has 0 aromatic heterocycles. The molecule has 0 atom stereocenters. The van der Waals surface area contributed by atoms with Gasteiger partial charge in [-0.25, -0.2) is 4.79 Å². The highest BCUT2D eigenvalue weighted by molar-refractivity contribution is 9.10. The topological polar surface area (TPSA) is 58.6 Å². The van der Waals surface area contributed by atoms with Crippen molar-refractivity contribution in [1.29, 1.82) is 0 Å². The van der Waals surface area contributed by atoms with E-state index in [2.05, 4.69) is 21.2 Å². The third-order valence-electron chi connectivity index (χ3n) is 3.06. The maximum atomic E-state index is 10.9. The predicted molar refractivity (Wildman–Crippen MR) is 95.6 cm³/mol. The van der Waals surface area contributed by atoms with Gasteiger partial charge in [-0.3, -0.25) is 0 Å². The molecule has 0 saturated heterocycles. The predicted octanol–water partition coefficient (Wildman–Crippen LogP) is 5.20. The number of hydrogen-bond donors (Lipinski definition) is 2. The third-order valence-corrected chi connectivity index (χ3v) is 3.99. The Balaban J connectivity index is 2.05. The first kappa shape index (κ1) is 17.6. The Hall–Kier alpha value is -1.72. The molecule has 0 aliphatic heterocycles. The van der Waals surface area contributed by atoms with E-state index in [0.717, 1.165) is 21.5 Å². The summed E-state index contributed by atoms with van der Waals surface area (Å²) in [5, 5.41) is 12.4. The van der Waals surface area contributed by atoms with Crippen molar-refractivity contribution in [3.05, 3.63) is 57.0 Å². The van der Waals surface area contributed by atoms with Crippen LogP contribution in [0.25, 0.3) is 0 Å². The van der Waals surface area contributed by atoms with E-state index in [-0.39, 0.29) is 16.7 Å². The Bertz CT molecular complexity index is 719. The van der Waals surface area contributed by atoms with E-state index in [9.17, 15) is 4.79 Å². The van der Waals surface area contributed by atoms with Crippen LogP contribution in [0.5, 0.6) is 5.75 Å². The maximum absolute atomic E-state index is 10.9. The van der Waals surface area contributed by atoms with E-state index >= 15 is 0 Å². The standard InChI is InChI=1S/C17H17BrClNO3/c1-10(2)23-16-6-3-11(7-14(16)18)9-20-12-4-5-13(17(21)22)15(19)8-12/h3-8,10,20H,9H2,1-2H3,(H,21,22). The highest BCUT2D eigenvalue weighted by Gasteiger charge is 2.09. The highest BCUT2D eigenvalue weighted by Crippen LogP contribution is 2.27. The smallest absolute Gasteiger partial charge is 0.337 e. The van der Waals surface area contributed by atoms with Crippen LogP contribution in [-0.4, -0.2) is 17.2 Å². The summed E-state index contributed by atoms with van der Waals surface area (Å²) in [5.41, 5.74) is 1.92. The van der Waals surface area contributed by atoms with Crippen LogP contribution in [0.15, 0.2) is 40.9 Å². The van der Waals surface area contributed by atoms with Crippen molar-refractivity contribution in [2.24, 2.45) is 0 Å². The molecule has 2 aromatic rings. The molecule has 23 heavy (non-hydrogen) atoms. The average Bonchev–Trinajstić information content (AvgIpc) is 2.47. The Kier molecular flexibility index (Phi) is 5.91. The molecule has 0 amide bonds. The van der Waals surface area contributed by atoms with Gasteiger partial charge in [-0.2, -0.15) is 0 Å². The first-order valence-corrected chi connectivity index (χ1v) is 8.25. The number of carbonyl (C=O) groups is 1. The maximum Gasteiger partial charge on any atom is 0.337 e. The Morgan fingerprint density at radius 1 is 1.30 bits per heavy atom. The zero-order valence-electron chi connectivity index (χ0n) is 12.8.